The van der Waals surface area contributed by atoms with Gasteiger partial charge >= 0.3 is 0 Å². The molecular weight excluding hydrogens is 272 g/mol. The molecule has 0 radical (unpaired) electrons. The lowest BCUT2D eigenvalue weighted by Crippen LogP contribution is -2.50. The maximum absolute atomic E-state index is 12.5. The predicted molar refractivity (Wildman–Crippen MR) is 74.4 cm³/mol. The summed E-state index contributed by atoms with van der Waals surface area (Å²) in [4.78, 5) is 12.5. The summed E-state index contributed by atoms with van der Waals surface area (Å²) in [6.45, 7) is 3.43. The number of amides is 1. The van der Waals surface area contributed by atoms with E-state index < -0.39 is 11.0 Å². The van der Waals surface area contributed by atoms with Gasteiger partial charge < -0.3 is 19.4 Å². The van der Waals surface area contributed by atoms with Crippen LogP contribution in [0.5, 0.6) is 0 Å². The van der Waals surface area contributed by atoms with Crippen molar-refractivity contribution in [3.05, 3.63) is 30.2 Å². The highest BCUT2D eigenvalue weighted by molar-refractivity contribution is 5.91. The van der Waals surface area contributed by atoms with E-state index in [0.29, 0.717) is 17.2 Å². The molecule has 112 valence electrons. The minimum atomic E-state index is -0.653. The van der Waals surface area contributed by atoms with Gasteiger partial charge in [-0.15, -0.1) is 0 Å². The summed E-state index contributed by atoms with van der Waals surface area (Å²) in [5.41, 5.74) is -0.679. The fourth-order valence-electron chi connectivity index (χ4n) is 2.23. The second-order valence-corrected chi connectivity index (χ2v) is 6.13. The molecule has 0 aliphatic heterocycles. The monoisotopic (exact) mass is 290 g/mol. The molecule has 1 aliphatic rings. The average molecular weight is 290 g/mol. The van der Waals surface area contributed by atoms with Gasteiger partial charge in [0.15, 0.2) is 5.76 Å². The zero-order valence-electron chi connectivity index (χ0n) is 12.0. The van der Waals surface area contributed by atoms with E-state index in [1.807, 2.05) is 0 Å². The molecule has 21 heavy (non-hydrogen) atoms. The molecule has 0 bridgehead atoms. The summed E-state index contributed by atoms with van der Waals surface area (Å²) in [7, 11) is 0. The number of carbonyl (C=O) groups is 1. The lowest BCUT2D eigenvalue weighted by molar-refractivity contribution is -0.125. The van der Waals surface area contributed by atoms with Crippen molar-refractivity contribution in [1.82, 2.24) is 10.5 Å². The Morgan fingerprint density at radius 3 is 2.81 bits per heavy atom. The molecule has 1 saturated carbocycles. The topological polar surface area (TPSA) is 88.5 Å². The van der Waals surface area contributed by atoms with Crippen molar-refractivity contribution >= 4 is 5.91 Å². The van der Waals surface area contributed by atoms with Crippen LogP contribution in [0, 0.1) is 0 Å². The van der Waals surface area contributed by atoms with Crippen molar-refractivity contribution < 1.29 is 18.8 Å². The number of rotatable bonds is 5. The van der Waals surface area contributed by atoms with Crippen LogP contribution in [0.1, 0.15) is 32.4 Å². The number of aromatic nitrogens is 1. The largest absolute Gasteiger partial charge is 0.461 e. The Kier molecular flexibility index (Phi) is 3.13. The predicted octanol–water partition coefficient (Wildman–Crippen LogP) is 1.85. The molecule has 0 spiro atoms. The molecule has 0 atom stereocenters. The molecule has 3 rings (SSSR count). The van der Waals surface area contributed by atoms with E-state index in [-0.39, 0.29) is 12.5 Å². The fraction of sp³-hybridized carbons (Fsp3) is 0.467. The third-order valence-electron chi connectivity index (χ3n) is 3.80. The Morgan fingerprint density at radius 2 is 2.24 bits per heavy atom. The van der Waals surface area contributed by atoms with Crippen LogP contribution in [0.2, 0.25) is 0 Å². The second kappa shape index (κ2) is 4.73. The van der Waals surface area contributed by atoms with Crippen LogP contribution in [-0.4, -0.2) is 28.3 Å². The van der Waals surface area contributed by atoms with Crippen molar-refractivity contribution in [2.24, 2.45) is 0 Å². The second-order valence-electron chi connectivity index (χ2n) is 6.13. The Bertz CT molecular complexity index is 638. The van der Waals surface area contributed by atoms with Crippen LogP contribution in [0.25, 0.3) is 11.5 Å². The highest BCUT2D eigenvalue weighted by Gasteiger charge is 2.54. The third kappa shape index (κ3) is 2.47. The molecule has 1 aliphatic carbocycles. The van der Waals surface area contributed by atoms with Gasteiger partial charge in [-0.1, -0.05) is 5.16 Å². The van der Waals surface area contributed by atoms with Crippen LogP contribution in [0.15, 0.2) is 33.4 Å². The highest BCUT2D eigenvalue weighted by atomic mass is 16.5. The Balaban J connectivity index is 1.81. The summed E-state index contributed by atoms with van der Waals surface area (Å²) in [5.74, 6) is 0.969. The van der Waals surface area contributed by atoms with Crippen LogP contribution >= 0.6 is 0 Å². The minimum absolute atomic E-state index is 0.120. The first-order chi connectivity index (χ1) is 9.97. The van der Waals surface area contributed by atoms with Crippen molar-refractivity contribution in [2.45, 2.75) is 37.6 Å². The smallest absolute Gasteiger partial charge is 0.232 e. The number of hydrogen-bond donors (Lipinski definition) is 2. The van der Waals surface area contributed by atoms with Gasteiger partial charge in [-0.25, -0.2) is 0 Å². The minimum Gasteiger partial charge on any atom is -0.461 e. The van der Waals surface area contributed by atoms with Crippen molar-refractivity contribution in [1.29, 1.82) is 0 Å². The lowest BCUT2D eigenvalue weighted by Gasteiger charge is -2.26. The van der Waals surface area contributed by atoms with Gasteiger partial charge in [0.2, 0.25) is 11.7 Å². The molecule has 0 saturated heterocycles. The summed E-state index contributed by atoms with van der Waals surface area (Å²) in [6.07, 6.45) is 3.01. The first kappa shape index (κ1) is 13.9. The van der Waals surface area contributed by atoms with Gasteiger partial charge in [-0.3, -0.25) is 4.79 Å². The quantitative estimate of drug-likeness (QED) is 0.877. The summed E-state index contributed by atoms with van der Waals surface area (Å²) in [6, 6.07) is 5.29. The van der Waals surface area contributed by atoms with Gasteiger partial charge in [-0.2, -0.15) is 0 Å². The molecule has 0 aromatic carbocycles. The van der Waals surface area contributed by atoms with Crippen molar-refractivity contribution in [3.8, 4) is 11.5 Å². The normalized spacial score (nSPS) is 16.7. The molecular formula is C15H18N2O4. The molecule has 6 nitrogen and oxygen atoms in total. The van der Waals surface area contributed by atoms with Gasteiger partial charge in [0.05, 0.1) is 29.5 Å². The van der Waals surface area contributed by atoms with Gasteiger partial charge in [0.1, 0.15) is 0 Å². The first-order valence-corrected chi connectivity index (χ1v) is 6.91. The summed E-state index contributed by atoms with van der Waals surface area (Å²) in [5, 5.41) is 16.1. The van der Waals surface area contributed by atoms with E-state index in [1.165, 1.54) is 0 Å². The van der Waals surface area contributed by atoms with E-state index in [4.69, 9.17) is 8.94 Å². The number of hydrogen-bond acceptors (Lipinski definition) is 5. The number of furan rings is 1. The zero-order valence-corrected chi connectivity index (χ0v) is 12.0. The van der Waals surface area contributed by atoms with Gasteiger partial charge in [0, 0.05) is 6.07 Å². The molecule has 2 aromatic heterocycles. The van der Waals surface area contributed by atoms with E-state index in [2.05, 4.69) is 10.5 Å². The number of nitrogens with zero attached hydrogens (tertiary/aromatic N) is 1. The molecule has 0 unspecified atom stereocenters. The van der Waals surface area contributed by atoms with Crippen molar-refractivity contribution in [3.63, 3.8) is 0 Å². The first-order valence-electron chi connectivity index (χ1n) is 6.91. The lowest BCUT2D eigenvalue weighted by atomic mass is 9.98. The van der Waals surface area contributed by atoms with E-state index in [9.17, 15) is 9.90 Å². The fourth-order valence-corrected chi connectivity index (χ4v) is 2.23. The molecule has 1 amide bonds. The van der Waals surface area contributed by atoms with Gasteiger partial charge in [-0.05, 0) is 38.8 Å². The van der Waals surface area contributed by atoms with E-state index >= 15 is 0 Å². The van der Waals surface area contributed by atoms with Crippen LogP contribution in [0.4, 0.5) is 0 Å². The Labute approximate surface area is 122 Å². The number of nitrogens with one attached hydrogen (secondary N) is 1. The number of aliphatic hydroxyl groups excluding tert-OH is 1. The van der Waals surface area contributed by atoms with Crippen LogP contribution in [-0.2, 0) is 10.2 Å². The third-order valence-corrected chi connectivity index (χ3v) is 3.80. The number of aliphatic hydroxyl groups is 1. The van der Waals surface area contributed by atoms with Crippen molar-refractivity contribution in [2.75, 3.05) is 6.61 Å². The molecule has 2 heterocycles. The van der Waals surface area contributed by atoms with E-state index in [1.54, 1.807) is 38.3 Å². The Hall–Kier alpha value is -2.08. The Morgan fingerprint density at radius 1 is 1.48 bits per heavy atom. The molecule has 1 fully saturated rings. The zero-order chi connectivity index (χ0) is 15.1. The summed E-state index contributed by atoms with van der Waals surface area (Å²) < 4.78 is 10.5. The van der Waals surface area contributed by atoms with Crippen LogP contribution < -0.4 is 5.32 Å². The average Bonchev–Trinajstić information content (AvgIpc) is 2.91. The highest BCUT2D eigenvalue weighted by Crippen LogP contribution is 2.48. The SMILES string of the molecule is CC(C)(CO)NC(=O)C1(c2cc(-c3ccco3)on2)CC1. The molecule has 6 heteroatoms. The van der Waals surface area contributed by atoms with Gasteiger partial charge in [0.25, 0.3) is 0 Å². The number of carbonyl (C=O) groups excluding carboxylic acids is 1. The summed E-state index contributed by atoms with van der Waals surface area (Å²) >= 11 is 0. The molecule has 2 aromatic rings. The van der Waals surface area contributed by atoms with E-state index in [0.717, 1.165) is 12.8 Å². The molecule has 2 N–H and O–H groups in total. The maximum Gasteiger partial charge on any atom is 0.232 e. The standard InChI is InChI=1S/C15H18N2O4/c1-14(2,9-18)16-13(19)15(5-6-15)12-8-11(21-17-12)10-4-3-7-20-10/h3-4,7-8,18H,5-6,9H2,1-2H3,(H,16,19). The maximum atomic E-state index is 12.5. The van der Waals surface area contributed by atoms with Crippen LogP contribution in [0.3, 0.4) is 0 Å².